The van der Waals surface area contributed by atoms with Gasteiger partial charge in [-0.1, -0.05) is 0 Å². The highest BCUT2D eigenvalue weighted by molar-refractivity contribution is 8.30. The van der Waals surface area contributed by atoms with Crippen molar-refractivity contribution in [3.05, 3.63) is 0 Å². The Morgan fingerprint density at radius 3 is 2.43 bits per heavy atom. The maximum atomic E-state index is 11.2. The van der Waals surface area contributed by atoms with E-state index in [-0.39, 0.29) is 0 Å². The zero-order valence-electron chi connectivity index (χ0n) is 3.10. The van der Waals surface area contributed by atoms with E-state index in [9.17, 15) is 8.60 Å². The van der Waals surface area contributed by atoms with Crippen molar-refractivity contribution < 1.29 is 12.3 Å². The van der Waals surface area contributed by atoms with Gasteiger partial charge in [-0.15, -0.1) is 0 Å². The van der Waals surface area contributed by atoms with E-state index in [4.69, 9.17) is 0 Å². The van der Waals surface area contributed by atoms with Crippen molar-refractivity contribution in [1.82, 2.24) is 0 Å². The standard InChI is InChI=1S/CH2ClFO2S2/c2-5-7(4,6)1-3/h1H2. The van der Waals surface area contributed by atoms with E-state index in [0.717, 1.165) is 0 Å². The highest BCUT2D eigenvalue weighted by Gasteiger charge is 2.01. The normalized spacial score (nSPS) is 18.6. The minimum atomic E-state index is -3.23. The van der Waals surface area contributed by atoms with Crippen LogP contribution in [0.3, 0.4) is 0 Å². The Bertz CT molecular complexity index is 119. The molecule has 0 aliphatic rings. The van der Waals surface area contributed by atoms with E-state index in [1.165, 1.54) is 0 Å². The van der Waals surface area contributed by atoms with Crippen molar-refractivity contribution in [3.8, 4) is 0 Å². The van der Waals surface area contributed by atoms with Gasteiger partial charge in [-0.3, -0.25) is 0 Å². The molecule has 7 heavy (non-hydrogen) atoms. The molecule has 0 amide bonds. The number of hydrogen-bond donors (Lipinski definition) is 0. The lowest BCUT2D eigenvalue weighted by Gasteiger charge is -1.88. The monoisotopic (exact) mass is 164 g/mol. The zero-order valence-corrected chi connectivity index (χ0v) is 5.48. The molecule has 6 heteroatoms. The molecule has 0 saturated carbocycles. The van der Waals surface area contributed by atoms with E-state index in [1.807, 2.05) is 0 Å². The van der Waals surface area contributed by atoms with E-state index >= 15 is 0 Å². The van der Waals surface area contributed by atoms with E-state index < -0.39 is 14.8 Å². The average molecular weight is 165 g/mol. The Kier molecular flexibility index (Phi) is 2.98. The van der Waals surface area contributed by atoms with E-state index in [0.29, 0.717) is 0 Å². The molecule has 0 rings (SSSR count). The first-order valence-corrected chi connectivity index (χ1v) is 4.10. The molecule has 0 bridgehead atoms. The first kappa shape index (κ1) is 7.55. The van der Waals surface area contributed by atoms with Gasteiger partial charge in [0.15, 0.2) is 14.8 Å². The molecule has 0 aromatic rings. The summed E-state index contributed by atoms with van der Waals surface area (Å²) < 4.78 is 24.7. The molecule has 0 spiro atoms. The SMILES string of the molecule is O=S(=S)(CF)OCl. The van der Waals surface area contributed by atoms with Gasteiger partial charge in [0, 0.05) is 11.2 Å². The van der Waals surface area contributed by atoms with Gasteiger partial charge < -0.3 is 0 Å². The third-order valence-corrected chi connectivity index (χ3v) is 1.99. The Hall–Kier alpha value is 0.550. The van der Waals surface area contributed by atoms with Crippen LogP contribution in [0.1, 0.15) is 0 Å². The fourth-order valence-corrected chi connectivity index (χ4v) is 0.152. The van der Waals surface area contributed by atoms with Crippen LogP contribution in [0, 0.1) is 0 Å². The summed E-state index contributed by atoms with van der Waals surface area (Å²) in [5.41, 5.74) is 0. The van der Waals surface area contributed by atoms with Crippen LogP contribution in [0.15, 0.2) is 0 Å². The molecule has 0 N–H and O–H groups in total. The summed E-state index contributed by atoms with van der Waals surface area (Å²) in [6.07, 6.45) is 0. The Balaban J connectivity index is 3.89. The van der Waals surface area contributed by atoms with Crippen LogP contribution < -0.4 is 0 Å². The molecule has 1 unspecified atom stereocenters. The maximum absolute atomic E-state index is 11.2. The average Bonchev–Trinajstić information content (AvgIpc) is 1.68. The van der Waals surface area contributed by atoms with Gasteiger partial charge in [0.2, 0.25) is 0 Å². The molecule has 0 radical (unpaired) electrons. The molecule has 44 valence electrons. The van der Waals surface area contributed by atoms with Crippen LogP contribution in [0.4, 0.5) is 4.39 Å². The van der Waals surface area contributed by atoms with Crippen LogP contribution in [0.5, 0.6) is 0 Å². The molecule has 0 aliphatic heterocycles. The summed E-state index contributed by atoms with van der Waals surface area (Å²) >= 11 is 8.42. The van der Waals surface area contributed by atoms with Gasteiger partial charge in [0.1, 0.15) is 0 Å². The van der Waals surface area contributed by atoms with Gasteiger partial charge >= 0.3 is 0 Å². The lowest BCUT2D eigenvalue weighted by molar-refractivity contribution is 0.530. The van der Waals surface area contributed by atoms with Crippen molar-refractivity contribution in [1.29, 1.82) is 0 Å². The zero-order chi connectivity index (χ0) is 5.91. The highest BCUT2D eigenvalue weighted by Crippen LogP contribution is 1.95. The summed E-state index contributed by atoms with van der Waals surface area (Å²) in [6, 6.07) is -1.22. The predicted octanol–water partition coefficient (Wildman–Crippen LogP) is 0.745. The lowest BCUT2D eigenvalue weighted by atomic mass is 11.8. The van der Waals surface area contributed by atoms with Gasteiger partial charge in [-0.2, -0.15) is 3.74 Å². The second-order valence-electron chi connectivity index (χ2n) is 0.730. The lowest BCUT2D eigenvalue weighted by Crippen LogP contribution is -1.96. The van der Waals surface area contributed by atoms with Crippen LogP contribution in [-0.2, 0) is 23.7 Å². The van der Waals surface area contributed by atoms with Crippen molar-refractivity contribution >= 4 is 31.8 Å². The molecule has 0 saturated heterocycles. The van der Waals surface area contributed by atoms with Gasteiger partial charge in [-0.05, 0) is 0 Å². The first-order valence-electron chi connectivity index (χ1n) is 1.21. The van der Waals surface area contributed by atoms with Crippen LogP contribution in [0.25, 0.3) is 0 Å². The topological polar surface area (TPSA) is 26.3 Å². The molecular weight excluding hydrogens is 163 g/mol. The molecule has 2 nitrogen and oxygen atoms in total. The molecule has 0 aromatic heterocycles. The van der Waals surface area contributed by atoms with Crippen molar-refractivity contribution in [2.45, 2.75) is 0 Å². The molecule has 0 fully saturated rings. The number of alkyl halides is 1. The second kappa shape index (κ2) is 2.76. The number of halogens is 2. The second-order valence-corrected chi connectivity index (χ2v) is 4.09. The predicted molar refractivity (Wildman–Crippen MR) is 28.4 cm³/mol. The van der Waals surface area contributed by atoms with Gasteiger partial charge in [0.25, 0.3) is 0 Å². The Morgan fingerprint density at radius 2 is 2.43 bits per heavy atom. The molecule has 0 aromatic carbocycles. The Labute approximate surface area is 50.7 Å². The maximum Gasteiger partial charge on any atom is 0.192 e. The largest absolute Gasteiger partial charge is 0.234 e. The summed E-state index contributed by atoms with van der Waals surface area (Å²) in [4.78, 5) is 0. The van der Waals surface area contributed by atoms with Gasteiger partial charge in [0.05, 0.1) is 11.9 Å². The molecule has 1 atom stereocenters. The Morgan fingerprint density at radius 1 is 2.00 bits per heavy atom. The molecule has 0 heterocycles. The van der Waals surface area contributed by atoms with Crippen molar-refractivity contribution in [2.24, 2.45) is 0 Å². The smallest absolute Gasteiger partial charge is 0.192 e. The van der Waals surface area contributed by atoms with Crippen LogP contribution >= 0.6 is 11.9 Å². The quantitative estimate of drug-likeness (QED) is 0.603. The third kappa shape index (κ3) is 3.16. The number of rotatable bonds is 2. The van der Waals surface area contributed by atoms with Crippen LogP contribution in [0.2, 0.25) is 0 Å². The molecule has 0 aliphatic carbocycles. The summed E-state index contributed by atoms with van der Waals surface area (Å²) in [6.45, 7) is 0. The van der Waals surface area contributed by atoms with Crippen molar-refractivity contribution in [3.63, 3.8) is 0 Å². The fraction of sp³-hybridized carbons (Fsp3) is 1.00. The first-order chi connectivity index (χ1) is 3.12. The van der Waals surface area contributed by atoms with E-state index in [2.05, 4.69) is 26.8 Å². The van der Waals surface area contributed by atoms with Gasteiger partial charge in [-0.25, -0.2) is 8.60 Å². The minimum absolute atomic E-state index is 1.22. The van der Waals surface area contributed by atoms with Crippen molar-refractivity contribution in [2.75, 3.05) is 6.01 Å². The number of hydrogen-bond acceptors (Lipinski definition) is 3. The summed E-state index contributed by atoms with van der Waals surface area (Å²) in [5.74, 6) is 0. The van der Waals surface area contributed by atoms with E-state index in [1.54, 1.807) is 0 Å². The highest BCUT2D eigenvalue weighted by atomic mass is 35.5. The van der Waals surface area contributed by atoms with Crippen LogP contribution in [-0.4, -0.2) is 10.2 Å². The minimum Gasteiger partial charge on any atom is -0.234 e. The fourth-order valence-electron chi connectivity index (χ4n) is 0.0168. The summed E-state index contributed by atoms with van der Waals surface area (Å²) in [5, 5.41) is 0. The third-order valence-electron chi connectivity index (χ3n) is 0.230. The summed E-state index contributed by atoms with van der Waals surface area (Å²) in [7, 11) is -3.23. The molecular formula is CH2ClFO2S2.